The highest BCUT2D eigenvalue weighted by Crippen LogP contribution is 2.30. The smallest absolute Gasteiger partial charge is 0.183 e. The van der Waals surface area contributed by atoms with Crippen molar-refractivity contribution >= 4 is 5.90 Å². The van der Waals surface area contributed by atoms with Crippen LogP contribution in [0.15, 0.2) is 29.3 Å². The average molecular weight is 332 g/mol. The summed E-state index contributed by atoms with van der Waals surface area (Å²) in [7, 11) is 0. The van der Waals surface area contributed by atoms with Crippen molar-refractivity contribution in [1.82, 2.24) is 0 Å². The van der Waals surface area contributed by atoms with Gasteiger partial charge in [0.1, 0.15) is 6.61 Å². The van der Waals surface area contributed by atoms with Crippen LogP contribution >= 0.6 is 0 Å². The molecule has 0 radical (unpaired) electrons. The Balaban J connectivity index is 1.52. The molecule has 0 aromatic rings. The first-order chi connectivity index (χ1) is 11.6. The Kier molecular flexibility index (Phi) is 8.08. The van der Waals surface area contributed by atoms with Gasteiger partial charge in [-0.25, -0.2) is 4.99 Å². The molecular weight excluding hydrogens is 294 g/mol. The normalized spacial score (nSPS) is 25.9. The Bertz CT molecular complexity index is 447. The van der Waals surface area contributed by atoms with Crippen LogP contribution in [0.3, 0.4) is 0 Å². The fraction of sp³-hybridized carbons (Fsp3) is 0.773. The van der Waals surface area contributed by atoms with Gasteiger partial charge in [0.05, 0.1) is 5.54 Å². The number of nitrogens with zero attached hydrogens (tertiary/aromatic N) is 1. The van der Waals surface area contributed by atoms with E-state index >= 15 is 0 Å². The van der Waals surface area contributed by atoms with Crippen molar-refractivity contribution in [1.29, 1.82) is 0 Å². The van der Waals surface area contributed by atoms with Gasteiger partial charge in [0.2, 0.25) is 0 Å². The number of allylic oxidation sites excluding steroid dienone is 4. The Labute approximate surface area is 149 Å². The minimum absolute atomic E-state index is 0.00404. The van der Waals surface area contributed by atoms with Crippen molar-refractivity contribution in [2.24, 2.45) is 16.8 Å². The van der Waals surface area contributed by atoms with E-state index in [-0.39, 0.29) is 5.54 Å². The van der Waals surface area contributed by atoms with E-state index in [0.717, 1.165) is 30.8 Å². The van der Waals surface area contributed by atoms with E-state index in [1.807, 2.05) is 0 Å². The molecule has 136 valence electrons. The summed E-state index contributed by atoms with van der Waals surface area (Å²) < 4.78 is 5.64. The van der Waals surface area contributed by atoms with Gasteiger partial charge in [-0.3, -0.25) is 0 Å². The number of rotatable bonds is 10. The molecule has 24 heavy (non-hydrogen) atoms. The monoisotopic (exact) mass is 331 g/mol. The maximum atomic E-state index is 5.64. The highest BCUT2D eigenvalue weighted by Gasteiger charge is 2.25. The van der Waals surface area contributed by atoms with E-state index in [0.29, 0.717) is 0 Å². The van der Waals surface area contributed by atoms with Gasteiger partial charge < -0.3 is 4.74 Å². The zero-order valence-corrected chi connectivity index (χ0v) is 16.1. The molecule has 0 fully saturated rings. The van der Waals surface area contributed by atoms with Crippen LogP contribution < -0.4 is 0 Å². The first-order valence-electron chi connectivity index (χ1n) is 10.1. The highest BCUT2D eigenvalue weighted by atomic mass is 16.5. The van der Waals surface area contributed by atoms with Gasteiger partial charge in [0.25, 0.3) is 0 Å². The zero-order valence-electron chi connectivity index (χ0n) is 16.1. The lowest BCUT2D eigenvalue weighted by molar-refractivity contribution is 0.273. The number of aliphatic imine (C=N–C) groups is 1. The average Bonchev–Trinajstić information content (AvgIpc) is 2.91. The Hall–Kier alpha value is -1.05. The third-order valence-corrected chi connectivity index (χ3v) is 5.19. The molecule has 0 aromatic heterocycles. The standard InChI is InChI=1S/C22H37NO/c1-4-13-19-15-11-12-16-20(19)14-9-7-5-6-8-10-17-21-23-22(2,3)18-24-21/h9,11-12,14,19-20H,4-8,10,13,15-18H2,1-3H3/b14-9+. The van der Waals surface area contributed by atoms with Crippen LogP contribution in [0.2, 0.25) is 0 Å². The van der Waals surface area contributed by atoms with Gasteiger partial charge in [0.15, 0.2) is 5.90 Å². The van der Waals surface area contributed by atoms with Crippen molar-refractivity contribution in [3.8, 4) is 0 Å². The molecule has 2 atom stereocenters. The fourth-order valence-electron chi connectivity index (χ4n) is 3.78. The molecular formula is C22H37NO. The van der Waals surface area contributed by atoms with Gasteiger partial charge >= 0.3 is 0 Å². The van der Waals surface area contributed by atoms with Crippen molar-refractivity contribution in [2.45, 2.75) is 90.5 Å². The molecule has 2 rings (SSSR count). The molecule has 0 N–H and O–H groups in total. The van der Waals surface area contributed by atoms with Crippen LogP contribution in [0.25, 0.3) is 0 Å². The van der Waals surface area contributed by atoms with Gasteiger partial charge in [-0.2, -0.15) is 0 Å². The SMILES string of the molecule is CCCC1CC=CCC1/C=C/CCCCCCC1=NC(C)(C)CO1. The molecule has 2 unspecified atom stereocenters. The highest BCUT2D eigenvalue weighted by molar-refractivity contribution is 5.78. The molecule has 0 aromatic carbocycles. The van der Waals surface area contributed by atoms with Gasteiger partial charge in [-0.15, -0.1) is 0 Å². The third kappa shape index (κ3) is 6.83. The predicted octanol–water partition coefficient (Wildman–Crippen LogP) is 6.47. The molecule has 2 heteroatoms. The summed E-state index contributed by atoms with van der Waals surface area (Å²) in [5.41, 5.74) is 0.00404. The maximum Gasteiger partial charge on any atom is 0.183 e. The van der Waals surface area contributed by atoms with E-state index in [2.05, 4.69) is 50.1 Å². The van der Waals surface area contributed by atoms with Crippen LogP contribution in [0, 0.1) is 11.8 Å². The summed E-state index contributed by atoms with van der Waals surface area (Å²) in [6, 6.07) is 0. The van der Waals surface area contributed by atoms with Gasteiger partial charge in [-0.05, 0) is 64.2 Å². The summed E-state index contributed by atoms with van der Waals surface area (Å²) in [6.45, 7) is 7.34. The van der Waals surface area contributed by atoms with Crippen LogP contribution in [0.1, 0.15) is 85.0 Å². The van der Waals surface area contributed by atoms with E-state index in [4.69, 9.17) is 4.74 Å². The Morgan fingerprint density at radius 2 is 1.96 bits per heavy atom. The van der Waals surface area contributed by atoms with Crippen molar-refractivity contribution in [2.75, 3.05) is 6.61 Å². The minimum atomic E-state index is 0.00404. The van der Waals surface area contributed by atoms with Gasteiger partial charge in [0, 0.05) is 6.42 Å². The number of hydrogen-bond acceptors (Lipinski definition) is 2. The van der Waals surface area contributed by atoms with E-state index < -0.39 is 0 Å². The maximum absolute atomic E-state index is 5.64. The quantitative estimate of drug-likeness (QED) is 0.332. The largest absolute Gasteiger partial charge is 0.478 e. The van der Waals surface area contributed by atoms with Crippen LogP contribution in [-0.2, 0) is 4.74 Å². The lowest BCUT2D eigenvalue weighted by Gasteiger charge is -2.25. The molecule has 0 saturated heterocycles. The second-order valence-corrected chi connectivity index (χ2v) is 8.14. The Morgan fingerprint density at radius 3 is 2.71 bits per heavy atom. The summed E-state index contributed by atoms with van der Waals surface area (Å²) >= 11 is 0. The molecule has 0 amide bonds. The second kappa shape index (κ2) is 10.1. The molecule has 0 spiro atoms. The summed E-state index contributed by atoms with van der Waals surface area (Å²) in [5.74, 6) is 2.65. The predicted molar refractivity (Wildman–Crippen MR) is 105 cm³/mol. The molecule has 0 saturated carbocycles. The van der Waals surface area contributed by atoms with Crippen LogP contribution in [0.4, 0.5) is 0 Å². The fourth-order valence-corrected chi connectivity index (χ4v) is 3.78. The topological polar surface area (TPSA) is 21.6 Å². The van der Waals surface area contributed by atoms with Gasteiger partial charge in [-0.1, -0.05) is 50.5 Å². The van der Waals surface area contributed by atoms with E-state index in [1.165, 1.54) is 57.8 Å². The van der Waals surface area contributed by atoms with E-state index in [1.54, 1.807) is 0 Å². The van der Waals surface area contributed by atoms with Crippen LogP contribution in [-0.4, -0.2) is 18.0 Å². The van der Waals surface area contributed by atoms with Crippen molar-refractivity contribution in [3.05, 3.63) is 24.3 Å². The molecule has 2 nitrogen and oxygen atoms in total. The number of ether oxygens (including phenoxy) is 1. The summed E-state index contributed by atoms with van der Waals surface area (Å²) in [4.78, 5) is 4.62. The van der Waals surface area contributed by atoms with Crippen molar-refractivity contribution in [3.63, 3.8) is 0 Å². The summed E-state index contributed by atoms with van der Waals surface area (Å²) in [6.07, 6.45) is 22.3. The molecule has 0 bridgehead atoms. The lowest BCUT2D eigenvalue weighted by Crippen LogP contribution is -2.17. The lowest BCUT2D eigenvalue weighted by atomic mass is 9.80. The first-order valence-corrected chi connectivity index (χ1v) is 10.1. The number of hydrogen-bond donors (Lipinski definition) is 0. The molecule has 1 aliphatic heterocycles. The second-order valence-electron chi connectivity index (χ2n) is 8.14. The van der Waals surface area contributed by atoms with Crippen LogP contribution in [0.5, 0.6) is 0 Å². The first kappa shape index (κ1) is 19.3. The molecule has 1 heterocycles. The van der Waals surface area contributed by atoms with E-state index in [9.17, 15) is 0 Å². The van der Waals surface area contributed by atoms with Crippen molar-refractivity contribution < 1.29 is 4.74 Å². The number of unbranched alkanes of at least 4 members (excludes halogenated alkanes) is 4. The molecule has 1 aliphatic carbocycles. The zero-order chi connectivity index (χ0) is 17.3. The summed E-state index contributed by atoms with van der Waals surface area (Å²) in [5, 5.41) is 0. The Morgan fingerprint density at radius 1 is 1.17 bits per heavy atom. The molecule has 2 aliphatic rings. The third-order valence-electron chi connectivity index (χ3n) is 5.19. The minimum Gasteiger partial charge on any atom is -0.478 e.